The minimum Gasteiger partial charge on any atom is -0.338 e. The molecule has 0 unspecified atom stereocenters. The second-order valence-corrected chi connectivity index (χ2v) is 9.57. The number of nitrogens with one attached hydrogen (secondary N) is 1. The van der Waals surface area contributed by atoms with Gasteiger partial charge >= 0.3 is 0 Å². The van der Waals surface area contributed by atoms with Gasteiger partial charge in [-0.05, 0) is 17.7 Å². The molecule has 6 rings (SSSR count). The Labute approximate surface area is 204 Å². The van der Waals surface area contributed by atoms with E-state index in [1.54, 1.807) is 0 Å². The molecule has 3 aromatic heterocycles. The molecule has 0 bridgehead atoms. The molecule has 2 aromatic carbocycles. The van der Waals surface area contributed by atoms with E-state index >= 15 is 0 Å². The summed E-state index contributed by atoms with van der Waals surface area (Å²) in [5.74, 6) is 5.35. The standard InChI is InChI=1S/C25H23N7O2S/c26-29-23(34)20-21(33)17-14-27-25(28-22(17)32-18-8-4-5-9-19(18)35-24(20)32)31-12-10-30(11-13-31)15-16-6-2-1-3-7-16/h1-9,14H,10-13,15,26H2,(H,29,34). The highest BCUT2D eigenvalue weighted by Crippen LogP contribution is 2.31. The number of piperazine rings is 1. The third-order valence-electron chi connectivity index (χ3n) is 6.43. The van der Waals surface area contributed by atoms with Gasteiger partial charge in [0.15, 0.2) is 5.65 Å². The van der Waals surface area contributed by atoms with Crippen LogP contribution in [0.15, 0.2) is 65.6 Å². The van der Waals surface area contributed by atoms with E-state index in [9.17, 15) is 9.59 Å². The molecule has 5 aromatic rings. The Kier molecular flexibility index (Phi) is 5.40. The molecule has 0 aliphatic carbocycles. The lowest BCUT2D eigenvalue weighted by atomic mass is 10.2. The van der Waals surface area contributed by atoms with Gasteiger partial charge in [0.1, 0.15) is 10.4 Å². The van der Waals surface area contributed by atoms with Crippen molar-refractivity contribution in [2.75, 3.05) is 31.1 Å². The lowest BCUT2D eigenvalue weighted by Gasteiger charge is -2.34. The zero-order valence-electron chi connectivity index (χ0n) is 18.8. The number of pyridine rings is 1. The second kappa shape index (κ2) is 8.73. The van der Waals surface area contributed by atoms with Gasteiger partial charge in [-0.25, -0.2) is 10.8 Å². The summed E-state index contributed by atoms with van der Waals surface area (Å²) in [6.07, 6.45) is 1.53. The third-order valence-corrected chi connectivity index (χ3v) is 7.58. The fraction of sp³-hybridized carbons (Fsp3) is 0.200. The first-order chi connectivity index (χ1) is 17.1. The molecule has 1 aliphatic rings. The predicted octanol–water partition coefficient (Wildman–Crippen LogP) is 2.38. The molecule has 0 saturated carbocycles. The van der Waals surface area contributed by atoms with Gasteiger partial charge in [-0.2, -0.15) is 4.98 Å². The fourth-order valence-electron chi connectivity index (χ4n) is 4.66. The monoisotopic (exact) mass is 485 g/mol. The predicted molar refractivity (Wildman–Crippen MR) is 138 cm³/mol. The number of hydrogen-bond acceptors (Lipinski definition) is 8. The quantitative estimate of drug-likeness (QED) is 0.229. The highest BCUT2D eigenvalue weighted by molar-refractivity contribution is 7.24. The lowest BCUT2D eigenvalue weighted by Crippen LogP contribution is -2.46. The number of thiazole rings is 1. The van der Waals surface area contributed by atoms with Gasteiger partial charge in [-0.3, -0.25) is 24.3 Å². The van der Waals surface area contributed by atoms with Crippen LogP contribution in [0.5, 0.6) is 0 Å². The first-order valence-electron chi connectivity index (χ1n) is 11.4. The first-order valence-corrected chi connectivity index (χ1v) is 12.2. The van der Waals surface area contributed by atoms with E-state index in [2.05, 4.69) is 44.5 Å². The smallest absolute Gasteiger partial charge is 0.272 e. The van der Waals surface area contributed by atoms with Crippen molar-refractivity contribution in [1.29, 1.82) is 0 Å². The topological polar surface area (TPSA) is 109 Å². The van der Waals surface area contributed by atoms with E-state index < -0.39 is 11.3 Å². The van der Waals surface area contributed by atoms with Crippen molar-refractivity contribution in [2.45, 2.75) is 6.54 Å². The van der Waals surface area contributed by atoms with Crippen molar-refractivity contribution in [3.8, 4) is 0 Å². The number of aromatic nitrogens is 3. The number of benzene rings is 2. The Morgan fingerprint density at radius 3 is 2.54 bits per heavy atom. The molecule has 4 heterocycles. The van der Waals surface area contributed by atoms with Gasteiger partial charge < -0.3 is 4.90 Å². The number of fused-ring (bicyclic) bond motifs is 5. The van der Waals surface area contributed by atoms with Crippen LogP contribution in [-0.4, -0.2) is 51.4 Å². The number of hydrazine groups is 1. The molecule has 0 spiro atoms. The normalized spacial score (nSPS) is 14.7. The molecule has 1 fully saturated rings. The second-order valence-electron chi connectivity index (χ2n) is 8.54. The molecular formula is C25H23N7O2S. The number of anilines is 1. The highest BCUT2D eigenvalue weighted by Gasteiger charge is 2.24. The molecule has 0 atom stereocenters. The van der Waals surface area contributed by atoms with Crippen LogP contribution in [0.3, 0.4) is 0 Å². The van der Waals surface area contributed by atoms with Crippen molar-refractivity contribution < 1.29 is 4.79 Å². The number of nitrogens with two attached hydrogens (primary N) is 1. The Morgan fingerprint density at radius 2 is 1.77 bits per heavy atom. The van der Waals surface area contributed by atoms with E-state index in [4.69, 9.17) is 10.8 Å². The van der Waals surface area contributed by atoms with Crippen LogP contribution in [-0.2, 0) is 6.54 Å². The molecule has 1 aliphatic heterocycles. The average molecular weight is 486 g/mol. The van der Waals surface area contributed by atoms with Crippen molar-refractivity contribution >= 4 is 49.3 Å². The molecule has 35 heavy (non-hydrogen) atoms. The Bertz CT molecular complexity index is 1620. The van der Waals surface area contributed by atoms with Gasteiger partial charge in [0, 0.05) is 38.9 Å². The molecule has 10 heteroatoms. The largest absolute Gasteiger partial charge is 0.338 e. The SMILES string of the molecule is NNC(=O)c1c(=O)c2cnc(N3CCN(Cc4ccccc4)CC3)nc2n2c1sc1ccccc12. The Hall–Kier alpha value is -3.86. The van der Waals surface area contributed by atoms with Crippen LogP contribution in [0.1, 0.15) is 15.9 Å². The maximum absolute atomic E-state index is 13.3. The average Bonchev–Trinajstić information content (AvgIpc) is 3.28. The first kappa shape index (κ1) is 21.7. The van der Waals surface area contributed by atoms with Crippen LogP contribution in [0.2, 0.25) is 0 Å². The Balaban J connectivity index is 1.40. The van der Waals surface area contributed by atoms with Crippen LogP contribution in [0.4, 0.5) is 5.95 Å². The van der Waals surface area contributed by atoms with Crippen molar-refractivity contribution in [3.63, 3.8) is 0 Å². The minimum atomic E-state index is -0.625. The van der Waals surface area contributed by atoms with Crippen LogP contribution in [0, 0.1) is 0 Å². The van der Waals surface area contributed by atoms with E-state index in [1.165, 1.54) is 23.1 Å². The van der Waals surface area contributed by atoms with Crippen LogP contribution < -0.4 is 21.6 Å². The number of carbonyl (C=O) groups excluding carboxylic acids is 1. The summed E-state index contributed by atoms with van der Waals surface area (Å²) in [5.41, 5.74) is 4.36. The molecule has 176 valence electrons. The lowest BCUT2D eigenvalue weighted by molar-refractivity contribution is 0.0954. The van der Waals surface area contributed by atoms with Crippen LogP contribution in [0.25, 0.3) is 26.1 Å². The minimum absolute atomic E-state index is 0.00655. The maximum atomic E-state index is 13.3. The summed E-state index contributed by atoms with van der Waals surface area (Å²) in [6, 6.07) is 18.2. The van der Waals surface area contributed by atoms with E-state index in [-0.39, 0.29) is 10.9 Å². The summed E-state index contributed by atoms with van der Waals surface area (Å²) in [4.78, 5) is 40.3. The number of nitrogens with zero attached hydrogens (tertiary/aromatic N) is 5. The molecule has 1 amide bonds. The number of para-hydroxylation sites is 1. The number of amides is 1. The van der Waals surface area contributed by atoms with Gasteiger partial charge in [0.2, 0.25) is 11.4 Å². The van der Waals surface area contributed by atoms with E-state index in [0.29, 0.717) is 16.4 Å². The zero-order valence-corrected chi connectivity index (χ0v) is 19.7. The van der Waals surface area contributed by atoms with Gasteiger partial charge in [0.05, 0.1) is 15.6 Å². The molecular weight excluding hydrogens is 462 g/mol. The number of carbonyl (C=O) groups is 1. The summed E-state index contributed by atoms with van der Waals surface area (Å²) in [7, 11) is 0. The fourth-order valence-corrected chi connectivity index (χ4v) is 5.84. The highest BCUT2D eigenvalue weighted by atomic mass is 32.1. The summed E-state index contributed by atoms with van der Waals surface area (Å²) < 4.78 is 2.82. The summed E-state index contributed by atoms with van der Waals surface area (Å²) in [5, 5.41) is 0.288. The zero-order chi connectivity index (χ0) is 23.9. The summed E-state index contributed by atoms with van der Waals surface area (Å²) >= 11 is 1.37. The number of nitrogen functional groups attached to an aromatic ring is 1. The van der Waals surface area contributed by atoms with Gasteiger partial charge in [-0.1, -0.05) is 42.5 Å². The van der Waals surface area contributed by atoms with Gasteiger partial charge in [-0.15, -0.1) is 11.3 Å². The molecule has 1 saturated heterocycles. The van der Waals surface area contributed by atoms with Crippen molar-refractivity contribution in [3.05, 3.63) is 82.1 Å². The molecule has 9 nitrogen and oxygen atoms in total. The number of hydrogen-bond donors (Lipinski definition) is 2. The van der Waals surface area contributed by atoms with Crippen molar-refractivity contribution in [1.82, 2.24) is 24.7 Å². The van der Waals surface area contributed by atoms with Gasteiger partial charge in [0.25, 0.3) is 5.91 Å². The van der Waals surface area contributed by atoms with Crippen molar-refractivity contribution in [2.24, 2.45) is 5.84 Å². The van der Waals surface area contributed by atoms with Crippen LogP contribution >= 0.6 is 11.3 Å². The third kappa shape index (κ3) is 3.72. The number of rotatable bonds is 4. The molecule has 3 N–H and O–H groups in total. The summed E-state index contributed by atoms with van der Waals surface area (Å²) in [6.45, 7) is 4.27. The van der Waals surface area contributed by atoms with E-state index in [0.717, 1.165) is 42.9 Å². The Morgan fingerprint density at radius 1 is 1.03 bits per heavy atom. The maximum Gasteiger partial charge on any atom is 0.272 e. The molecule has 0 radical (unpaired) electrons. The van der Waals surface area contributed by atoms with E-state index in [1.807, 2.05) is 34.7 Å².